The zero-order valence-corrected chi connectivity index (χ0v) is 18.6. The first-order chi connectivity index (χ1) is 15.4. The van der Waals surface area contributed by atoms with Gasteiger partial charge in [0, 0.05) is 16.3 Å². The fourth-order valence-corrected chi connectivity index (χ4v) is 3.73. The molecule has 0 saturated carbocycles. The quantitative estimate of drug-likeness (QED) is 0.431. The third-order valence-electron chi connectivity index (χ3n) is 5.13. The zero-order valence-electron chi connectivity index (χ0n) is 17.8. The molecule has 32 heavy (non-hydrogen) atoms. The number of aromatic nitrogens is 2. The minimum atomic E-state index is -0.404. The number of imidazole rings is 1. The van der Waals surface area contributed by atoms with Crippen molar-refractivity contribution in [2.45, 2.75) is 26.4 Å². The molecule has 162 valence electrons. The summed E-state index contributed by atoms with van der Waals surface area (Å²) in [6.07, 6.45) is 0. The van der Waals surface area contributed by atoms with Gasteiger partial charge < -0.3 is 15.2 Å². The topological polar surface area (TPSA) is 76.0 Å². The standard InChI is InChI=1S/C25H23ClN4O2/c1-16-6-5-7-18(14-16)25(32)27-17(2)24-29-21-8-3-4-9-22(21)30(24)15-23(31)28-20-12-10-19(26)11-13-20/h3-14,17H,15H2,1-2H3,(H,27,32)(H,28,31). The highest BCUT2D eigenvalue weighted by atomic mass is 35.5. The fraction of sp³-hybridized carbons (Fsp3) is 0.160. The third-order valence-corrected chi connectivity index (χ3v) is 5.38. The van der Waals surface area contributed by atoms with Gasteiger partial charge in [-0.2, -0.15) is 0 Å². The van der Waals surface area contributed by atoms with Gasteiger partial charge in [0.15, 0.2) is 0 Å². The van der Waals surface area contributed by atoms with E-state index in [4.69, 9.17) is 16.6 Å². The van der Waals surface area contributed by atoms with Crippen molar-refractivity contribution >= 4 is 40.1 Å². The number of fused-ring (bicyclic) bond motifs is 1. The molecule has 1 unspecified atom stereocenters. The van der Waals surface area contributed by atoms with Crippen molar-refractivity contribution in [2.24, 2.45) is 0 Å². The van der Waals surface area contributed by atoms with Gasteiger partial charge in [0.25, 0.3) is 5.91 Å². The molecule has 7 heteroatoms. The normalized spacial score (nSPS) is 11.8. The lowest BCUT2D eigenvalue weighted by Crippen LogP contribution is -2.30. The molecule has 0 saturated heterocycles. The number of amides is 2. The van der Waals surface area contributed by atoms with E-state index >= 15 is 0 Å². The Labute approximate surface area is 191 Å². The van der Waals surface area contributed by atoms with E-state index < -0.39 is 6.04 Å². The second-order valence-electron chi connectivity index (χ2n) is 7.66. The highest BCUT2D eigenvalue weighted by Gasteiger charge is 2.20. The average Bonchev–Trinajstić information content (AvgIpc) is 3.14. The van der Waals surface area contributed by atoms with E-state index in [0.717, 1.165) is 16.6 Å². The van der Waals surface area contributed by atoms with Crippen LogP contribution in [-0.2, 0) is 11.3 Å². The number of nitrogens with zero attached hydrogens (tertiary/aromatic N) is 2. The molecular formula is C25H23ClN4O2. The Bertz CT molecular complexity index is 1280. The maximum Gasteiger partial charge on any atom is 0.251 e. The first-order valence-corrected chi connectivity index (χ1v) is 10.7. The van der Waals surface area contributed by atoms with E-state index in [-0.39, 0.29) is 18.4 Å². The summed E-state index contributed by atoms with van der Waals surface area (Å²) in [6.45, 7) is 3.87. The second kappa shape index (κ2) is 9.24. The molecule has 0 radical (unpaired) electrons. The summed E-state index contributed by atoms with van der Waals surface area (Å²) in [7, 11) is 0. The maximum absolute atomic E-state index is 12.8. The van der Waals surface area contributed by atoms with Crippen molar-refractivity contribution in [3.63, 3.8) is 0 Å². The van der Waals surface area contributed by atoms with Gasteiger partial charge in [-0.05, 0) is 62.4 Å². The fourth-order valence-electron chi connectivity index (χ4n) is 3.60. The summed E-state index contributed by atoms with van der Waals surface area (Å²) < 4.78 is 1.84. The van der Waals surface area contributed by atoms with Crippen LogP contribution in [0.4, 0.5) is 5.69 Å². The maximum atomic E-state index is 12.8. The van der Waals surface area contributed by atoms with Crippen LogP contribution in [0.2, 0.25) is 5.02 Å². The number of hydrogen-bond donors (Lipinski definition) is 2. The number of benzene rings is 3. The van der Waals surface area contributed by atoms with Crippen LogP contribution in [0.1, 0.15) is 34.7 Å². The van der Waals surface area contributed by atoms with Gasteiger partial charge in [-0.3, -0.25) is 9.59 Å². The number of hydrogen-bond acceptors (Lipinski definition) is 3. The molecule has 2 N–H and O–H groups in total. The van der Waals surface area contributed by atoms with Crippen molar-refractivity contribution in [3.8, 4) is 0 Å². The molecule has 1 heterocycles. The first kappa shape index (κ1) is 21.6. The Hall–Kier alpha value is -3.64. The van der Waals surface area contributed by atoms with Gasteiger partial charge in [0.2, 0.25) is 5.91 Å². The largest absolute Gasteiger partial charge is 0.342 e. The summed E-state index contributed by atoms with van der Waals surface area (Å²) in [6, 6.07) is 21.5. The third kappa shape index (κ3) is 4.81. The lowest BCUT2D eigenvalue weighted by molar-refractivity contribution is -0.116. The van der Waals surface area contributed by atoms with Crippen molar-refractivity contribution < 1.29 is 9.59 Å². The molecule has 0 bridgehead atoms. The molecule has 0 aliphatic carbocycles. The Morgan fingerprint density at radius 1 is 1.03 bits per heavy atom. The Kier molecular flexibility index (Phi) is 6.23. The molecule has 0 aliphatic heterocycles. The molecule has 3 aromatic carbocycles. The number of carbonyl (C=O) groups excluding carboxylic acids is 2. The van der Waals surface area contributed by atoms with Crippen LogP contribution in [0.3, 0.4) is 0 Å². The molecule has 1 atom stereocenters. The predicted molar refractivity (Wildman–Crippen MR) is 127 cm³/mol. The summed E-state index contributed by atoms with van der Waals surface area (Å²) >= 11 is 5.92. The molecule has 6 nitrogen and oxygen atoms in total. The number of anilines is 1. The van der Waals surface area contributed by atoms with Gasteiger partial charge in [0.1, 0.15) is 12.4 Å². The molecule has 4 aromatic rings. The Balaban J connectivity index is 1.58. The van der Waals surface area contributed by atoms with E-state index in [2.05, 4.69) is 10.6 Å². The summed E-state index contributed by atoms with van der Waals surface area (Å²) in [5, 5.41) is 6.48. The van der Waals surface area contributed by atoms with Crippen molar-refractivity contribution in [1.82, 2.24) is 14.9 Å². The average molecular weight is 447 g/mol. The van der Waals surface area contributed by atoms with Gasteiger partial charge in [-0.15, -0.1) is 0 Å². The van der Waals surface area contributed by atoms with E-state index in [0.29, 0.717) is 22.1 Å². The highest BCUT2D eigenvalue weighted by Crippen LogP contribution is 2.22. The first-order valence-electron chi connectivity index (χ1n) is 10.3. The van der Waals surface area contributed by atoms with Gasteiger partial charge >= 0.3 is 0 Å². The Morgan fingerprint density at radius 3 is 2.53 bits per heavy atom. The van der Waals surface area contributed by atoms with Crippen molar-refractivity contribution in [1.29, 1.82) is 0 Å². The van der Waals surface area contributed by atoms with Crippen LogP contribution in [0.25, 0.3) is 11.0 Å². The summed E-state index contributed by atoms with van der Waals surface area (Å²) in [4.78, 5) is 30.2. The van der Waals surface area contributed by atoms with Crippen LogP contribution >= 0.6 is 11.6 Å². The van der Waals surface area contributed by atoms with Crippen LogP contribution < -0.4 is 10.6 Å². The number of nitrogens with one attached hydrogen (secondary N) is 2. The van der Waals surface area contributed by atoms with Gasteiger partial charge in [-0.1, -0.05) is 41.4 Å². The number of halogens is 1. The van der Waals surface area contributed by atoms with Crippen LogP contribution in [-0.4, -0.2) is 21.4 Å². The monoisotopic (exact) mass is 446 g/mol. The molecule has 4 rings (SSSR count). The van der Waals surface area contributed by atoms with Crippen LogP contribution in [0, 0.1) is 6.92 Å². The van der Waals surface area contributed by atoms with E-state index in [9.17, 15) is 9.59 Å². The van der Waals surface area contributed by atoms with Crippen LogP contribution in [0.5, 0.6) is 0 Å². The van der Waals surface area contributed by atoms with Gasteiger partial charge in [-0.25, -0.2) is 4.98 Å². The van der Waals surface area contributed by atoms with Crippen molar-refractivity contribution in [3.05, 3.63) is 94.8 Å². The van der Waals surface area contributed by atoms with Gasteiger partial charge in [0.05, 0.1) is 17.1 Å². The minimum absolute atomic E-state index is 0.0587. The van der Waals surface area contributed by atoms with E-state index in [1.54, 1.807) is 30.3 Å². The lowest BCUT2D eigenvalue weighted by atomic mass is 10.1. The predicted octanol–water partition coefficient (Wildman–Crippen LogP) is 5.13. The Morgan fingerprint density at radius 2 is 1.78 bits per heavy atom. The highest BCUT2D eigenvalue weighted by molar-refractivity contribution is 6.30. The number of para-hydroxylation sites is 2. The van der Waals surface area contributed by atoms with E-state index in [1.165, 1.54) is 0 Å². The summed E-state index contributed by atoms with van der Waals surface area (Å²) in [5.41, 5.74) is 3.84. The second-order valence-corrected chi connectivity index (χ2v) is 8.10. The van der Waals surface area contributed by atoms with Crippen molar-refractivity contribution in [2.75, 3.05) is 5.32 Å². The zero-order chi connectivity index (χ0) is 22.7. The smallest absolute Gasteiger partial charge is 0.251 e. The molecular weight excluding hydrogens is 424 g/mol. The van der Waals surface area contributed by atoms with E-state index in [1.807, 2.05) is 60.9 Å². The number of aryl methyl sites for hydroxylation is 1. The minimum Gasteiger partial charge on any atom is -0.342 e. The molecule has 0 aliphatic rings. The summed E-state index contributed by atoms with van der Waals surface area (Å²) in [5.74, 6) is 0.220. The SMILES string of the molecule is Cc1cccc(C(=O)NC(C)c2nc3ccccc3n2CC(=O)Nc2ccc(Cl)cc2)c1. The molecule has 1 aromatic heterocycles. The molecule has 0 spiro atoms. The molecule has 0 fully saturated rings. The van der Waals surface area contributed by atoms with Crippen LogP contribution in [0.15, 0.2) is 72.8 Å². The lowest BCUT2D eigenvalue weighted by Gasteiger charge is -2.16. The number of carbonyl (C=O) groups is 2. The number of rotatable bonds is 6. The molecule has 2 amide bonds.